The first-order valence-corrected chi connectivity index (χ1v) is 7.93. The maximum Gasteiger partial charge on any atom is 0.246 e. The Morgan fingerprint density at radius 3 is 2.75 bits per heavy atom. The van der Waals surface area contributed by atoms with E-state index >= 15 is 0 Å². The van der Waals surface area contributed by atoms with Crippen LogP contribution in [-0.2, 0) is 22.4 Å². The predicted octanol–water partition coefficient (Wildman–Crippen LogP) is 2.54. The van der Waals surface area contributed by atoms with Crippen molar-refractivity contribution < 1.29 is 12.8 Å². The van der Waals surface area contributed by atoms with Gasteiger partial charge in [-0.3, -0.25) is 4.98 Å². The first kappa shape index (κ1) is 15.0. The highest BCUT2D eigenvalue weighted by atomic mass is 35.5. The van der Waals surface area contributed by atoms with E-state index in [-0.39, 0.29) is 17.3 Å². The first-order chi connectivity index (χ1) is 9.45. The van der Waals surface area contributed by atoms with E-state index in [9.17, 15) is 8.42 Å². The van der Waals surface area contributed by atoms with Crippen LogP contribution in [0.25, 0.3) is 0 Å². The average Bonchev–Trinajstić information content (AvgIpc) is 2.82. The standard InChI is InChI=1S/C13H15ClN2O3S/c1-10-13(6-12(7-14)19-10)20(17,18)16(2)9-11-4-3-5-15-8-11/h3-6,8H,7,9H2,1-2H3. The van der Waals surface area contributed by atoms with Crippen LogP contribution >= 0.6 is 11.6 Å². The SMILES string of the molecule is Cc1oc(CCl)cc1S(=O)(=O)N(C)Cc1cccnc1. The molecule has 0 aliphatic carbocycles. The summed E-state index contributed by atoms with van der Waals surface area (Å²) < 4.78 is 31.5. The second-order valence-corrected chi connectivity index (χ2v) is 6.67. The van der Waals surface area contributed by atoms with Crippen LogP contribution in [0.4, 0.5) is 0 Å². The van der Waals surface area contributed by atoms with E-state index in [0.717, 1.165) is 5.56 Å². The number of rotatable bonds is 5. The van der Waals surface area contributed by atoms with Gasteiger partial charge in [-0.1, -0.05) is 6.07 Å². The van der Waals surface area contributed by atoms with Gasteiger partial charge in [-0.05, 0) is 18.6 Å². The maximum absolute atomic E-state index is 12.5. The molecule has 2 aromatic heterocycles. The molecule has 0 atom stereocenters. The van der Waals surface area contributed by atoms with Crippen LogP contribution in [0, 0.1) is 6.92 Å². The third-order valence-electron chi connectivity index (χ3n) is 2.87. The summed E-state index contributed by atoms with van der Waals surface area (Å²) in [5, 5.41) is 0. The van der Waals surface area contributed by atoms with E-state index in [1.807, 2.05) is 6.07 Å². The highest BCUT2D eigenvalue weighted by Gasteiger charge is 2.26. The number of nitrogens with zero attached hydrogens (tertiary/aromatic N) is 2. The summed E-state index contributed by atoms with van der Waals surface area (Å²) in [6.45, 7) is 1.86. The quantitative estimate of drug-likeness (QED) is 0.796. The lowest BCUT2D eigenvalue weighted by atomic mass is 10.3. The van der Waals surface area contributed by atoms with Crippen molar-refractivity contribution >= 4 is 21.6 Å². The van der Waals surface area contributed by atoms with Gasteiger partial charge in [0, 0.05) is 32.1 Å². The second kappa shape index (κ2) is 5.95. The summed E-state index contributed by atoms with van der Waals surface area (Å²) in [7, 11) is -2.08. The molecule has 0 aromatic carbocycles. The van der Waals surface area contributed by atoms with Gasteiger partial charge in [-0.25, -0.2) is 8.42 Å². The molecule has 0 amide bonds. The third-order valence-corrected chi connectivity index (χ3v) is 5.05. The van der Waals surface area contributed by atoms with E-state index in [1.54, 1.807) is 25.4 Å². The van der Waals surface area contributed by atoms with Gasteiger partial charge in [0.25, 0.3) is 0 Å². The van der Waals surface area contributed by atoms with Gasteiger partial charge in [-0.15, -0.1) is 11.6 Å². The fourth-order valence-electron chi connectivity index (χ4n) is 1.85. The van der Waals surface area contributed by atoms with Crippen LogP contribution in [0.1, 0.15) is 17.1 Å². The molecule has 2 heterocycles. The third kappa shape index (κ3) is 3.03. The molecule has 0 aliphatic heterocycles. The molecular weight excluding hydrogens is 300 g/mol. The molecule has 0 bridgehead atoms. The maximum atomic E-state index is 12.5. The van der Waals surface area contributed by atoms with Crippen LogP contribution in [0.15, 0.2) is 39.9 Å². The Bertz CT molecular complexity index is 683. The van der Waals surface area contributed by atoms with Crippen LogP contribution < -0.4 is 0 Å². The zero-order valence-corrected chi connectivity index (χ0v) is 12.8. The number of pyridine rings is 1. The van der Waals surface area contributed by atoms with E-state index in [4.69, 9.17) is 16.0 Å². The molecule has 0 N–H and O–H groups in total. The van der Waals surface area contributed by atoms with E-state index in [1.165, 1.54) is 17.4 Å². The molecule has 5 nitrogen and oxygen atoms in total. The lowest BCUT2D eigenvalue weighted by Gasteiger charge is -2.16. The molecule has 0 aliphatic rings. The molecule has 20 heavy (non-hydrogen) atoms. The minimum atomic E-state index is -3.60. The van der Waals surface area contributed by atoms with Crippen molar-refractivity contribution in [3.63, 3.8) is 0 Å². The Kier molecular flexibility index (Phi) is 4.47. The van der Waals surface area contributed by atoms with Crippen molar-refractivity contribution in [2.75, 3.05) is 7.05 Å². The summed E-state index contributed by atoms with van der Waals surface area (Å²) in [5.74, 6) is 0.930. The van der Waals surface area contributed by atoms with Crippen LogP contribution in [0.2, 0.25) is 0 Å². The Balaban J connectivity index is 2.27. The van der Waals surface area contributed by atoms with Gasteiger partial charge in [-0.2, -0.15) is 4.31 Å². The largest absolute Gasteiger partial charge is 0.464 e. The zero-order chi connectivity index (χ0) is 14.8. The van der Waals surface area contributed by atoms with Gasteiger partial charge < -0.3 is 4.42 Å². The van der Waals surface area contributed by atoms with Gasteiger partial charge in [0.1, 0.15) is 16.4 Å². The lowest BCUT2D eigenvalue weighted by Crippen LogP contribution is -2.26. The molecule has 0 saturated heterocycles. The summed E-state index contributed by atoms with van der Waals surface area (Å²) in [4.78, 5) is 4.12. The van der Waals surface area contributed by atoms with Gasteiger partial charge in [0.2, 0.25) is 10.0 Å². The van der Waals surface area contributed by atoms with Gasteiger partial charge >= 0.3 is 0 Å². The first-order valence-electron chi connectivity index (χ1n) is 5.95. The number of hydrogen-bond donors (Lipinski definition) is 0. The number of halogens is 1. The van der Waals surface area contributed by atoms with E-state index < -0.39 is 10.0 Å². The molecular formula is C13H15ClN2O3S. The summed E-state index contributed by atoms with van der Waals surface area (Å²) >= 11 is 5.66. The smallest absolute Gasteiger partial charge is 0.246 e. The van der Waals surface area contributed by atoms with Crippen molar-refractivity contribution in [3.8, 4) is 0 Å². The normalized spacial score (nSPS) is 12.0. The Morgan fingerprint density at radius 1 is 1.45 bits per heavy atom. The molecule has 0 saturated carbocycles. The number of alkyl halides is 1. The molecule has 2 rings (SSSR count). The lowest BCUT2D eigenvalue weighted by molar-refractivity contribution is 0.458. The molecule has 0 fully saturated rings. The summed E-state index contributed by atoms with van der Waals surface area (Å²) in [5.41, 5.74) is 0.817. The Morgan fingerprint density at radius 2 is 2.20 bits per heavy atom. The highest BCUT2D eigenvalue weighted by molar-refractivity contribution is 7.89. The van der Waals surface area contributed by atoms with Crippen molar-refractivity contribution in [1.82, 2.24) is 9.29 Å². The predicted molar refractivity (Wildman–Crippen MR) is 75.9 cm³/mol. The molecule has 0 unspecified atom stereocenters. The minimum Gasteiger partial charge on any atom is -0.464 e. The molecule has 0 radical (unpaired) electrons. The number of hydrogen-bond acceptors (Lipinski definition) is 4. The van der Waals surface area contributed by atoms with E-state index in [2.05, 4.69) is 4.98 Å². The topological polar surface area (TPSA) is 63.4 Å². The van der Waals surface area contributed by atoms with Crippen molar-refractivity contribution in [2.45, 2.75) is 24.2 Å². The minimum absolute atomic E-state index is 0.142. The Labute approximate surface area is 123 Å². The molecule has 108 valence electrons. The molecule has 0 spiro atoms. The van der Waals surface area contributed by atoms with E-state index in [0.29, 0.717) is 11.5 Å². The fourth-order valence-corrected chi connectivity index (χ4v) is 3.32. The van der Waals surface area contributed by atoms with Crippen molar-refractivity contribution in [2.24, 2.45) is 0 Å². The Hall–Kier alpha value is -1.37. The van der Waals surface area contributed by atoms with Crippen LogP contribution in [0.5, 0.6) is 0 Å². The molecule has 2 aromatic rings. The van der Waals surface area contributed by atoms with Crippen molar-refractivity contribution in [1.29, 1.82) is 0 Å². The number of aromatic nitrogens is 1. The average molecular weight is 315 g/mol. The summed E-state index contributed by atoms with van der Waals surface area (Å²) in [6, 6.07) is 5.06. The number of aryl methyl sites for hydroxylation is 1. The highest BCUT2D eigenvalue weighted by Crippen LogP contribution is 2.24. The molecule has 7 heteroatoms. The van der Waals surface area contributed by atoms with Gasteiger partial charge in [0.05, 0.1) is 5.88 Å². The van der Waals surface area contributed by atoms with Crippen LogP contribution in [-0.4, -0.2) is 24.8 Å². The van der Waals surface area contributed by atoms with Gasteiger partial charge in [0.15, 0.2) is 0 Å². The zero-order valence-electron chi connectivity index (χ0n) is 11.2. The second-order valence-electron chi connectivity index (χ2n) is 4.39. The summed E-state index contributed by atoms with van der Waals surface area (Å²) in [6.07, 6.45) is 3.28. The van der Waals surface area contributed by atoms with Crippen molar-refractivity contribution in [3.05, 3.63) is 47.7 Å². The van der Waals surface area contributed by atoms with Crippen LogP contribution in [0.3, 0.4) is 0 Å². The number of furan rings is 1. The fraction of sp³-hybridized carbons (Fsp3) is 0.308. The number of sulfonamides is 1. The monoisotopic (exact) mass is 314 g/mol.